The van der Waals surface area contributed by atoms with Gasteiger partial charge in [-0.1, -0.05) is 141 Å². The molecule has 0 radical (unpaired) electrons. The molecule has 1 aliphatic carbocycles. The monoisotopic (exact) mass is 848 g/mol. The van der Waals surface area contributed by atoms with Crippen molar-refractivity contribution >= 4 is 78.0 Å². The van der Waals surface area contributed by atoms with Crippen molar-refractivity contribution in [2.24, 2.45) is 0 Å². The molecule has 0 fully saturated rings. The SMILES string of the molecule is Cc1cc2c3c(c1)N1c4cc(-c5ccccc5)cc(c4)-c4cccc(c4)C4(C)CCC(C)(C)c5cc6sc(c1c6cc54)B3c1cc(C(C)(C)C)ccc1N2c1ccc(C(C)(C)C)cc1. The normalized spacial score (nSPS) is 17.8. The zero-order valence-electron chi connectivity index (χ0n) is 39.1. The van der Waals surface area contributed by atoms with E-state index in [2.05, 4.69) is 219 Å². The lowest BCUT2D eigenvalue weighted by Crippen LogP contribution is -2.60. The third kappa shape index (κ3) is 5.77. The van der Waals surface area contributed by atoms with Crippen molar-refractivity contribution in [2.45, 2.75) is 104 Å². The fourth-order valence-corrected chi connectivity index (χ4v) is 13.0. The Morgan fingerprint density at radius 2 is 1.22 bits per heavy atom. The molecule has 7 aromatic carbocycles. The molecule has 316 valence electrons. The first-order chi connectivity index (χ1) is 30.5. The minimum absolute atomic E-state index is 0.0126. The Bertz CT molecular complexity index is 3250. The molecule has 0 N–H and O–H groups in total. The highest BCUT2D eigenvalue weighted by Gasteiger charge is 2.48. The van der Waals surface area contributed by atoms with Gasteiger partial charge >= 0.3 is 0 Å². The summed E-state index contributed by atoms with van der Waals surface area (Å²) in [6, 6.07) is 54.9. The molecule has 0 spiro atoms. The summed E-state index contributed by atoms with van der Waals surface area (Å²) >= 11 is 2.04. The van der Waals surface area contributed by atoms with Crippen LogP contribution in [0.15, 0.2) is 140 Å². The molecule has 6 bridgehead atoms. The molecule has 2 nitrogen and oxygen atoms in total. The molecular formula is C60H57BN2S. The second-order valence-corrected chi connectivity index (χ2v) is 23.4. The molecule has 1 atom stereocenters. The van der Waals surface area contributed by atoms with Crippen LogP contribution in [0.5, 0.6) is 0 Å². The summed E-state index contributed by atoms with van der Waals surface area (Å²) in [5.41, 5.74) is 23.7. The van der Waals surface area contributed by atoms with Gasteiger partial charge < -0.3 is 9.80 Å². The molecule has 0 amide bonds. The molecule has 12 rings (SSSR count). The van der Waals surface area contributed by atoms with Gasteiger partial charge in [-0.05, 0) is 163 Å². The van der Waals surface area contributed by atoms with E-state index in [0.717, 1.165) is 12.8 Å². The Balaban J connectivity index is 1.24. The Labute approximate surface area is 384 Å². The van der Waals surface area contributed by atoms with Gasteiger partial charge in [0.25, 0.3) is 6.71 Å². The highest BCUT2D eigenvalue weighted by atomic mass is 32.1. The minimum Gasteiger partial charge on any atom is -0.311 e. The summed E-state index contributed by atoms with van der Waals surface area (Å²) in [5, 5.41) is 1.37. The molecule has 1 aromatic heterocycles. The maximum absolute atomic E-state index is 2.69. The standard InChI is InChI=1S/C60H57BN2S/c1-36-27-51-54-52(28-36)63-45-31-39(37-15-12-11-13-16-37)29-40(32-45)38-17-14-18-43(30-38)60(10)26-25-59(8,9)47-35-53-46(34-48(47)60)55(63)56(64-53)61(54)49-33-42(58(5,6)7)21-24-50(49)62(51)44-22-19-41(20-23-44)57(2,3)4/h11-24,27-35H,25-26H2,1-10H3. The highest BCUT2D eigenvalue weighted by Crippen LogP contribution is 2.55. The lowest BCUT2D eigenvalue weighted by atomic mass is 9.36. The summed E-state index contributed by atoms with van der Waals surface area (Å²) < 4.78 is 2.82. The summed E-state index contributed by atoms with van der Waals surface area (Å²) in [6.07, 6.45) is 2.25. The minimum atomic E-state index is -0.133. The van der Waals surface area contributed by atoms with Gasteiger partial charge in [0, 0.05) is 48.7 Å². The van der Waals surface area contributed by atoms with Crippen molar-refractivity contribution in [1.29, 1.82) is 0 Å². The van der Waals surface area contributed by atoms with Crippen LogP contribution in [-0.4, -0.2) is 6.71 Å². The van der Waals surface area contributed by atoms with E-state index in [0.29, 0.717) is 0 Å². The summed E-state index contributed by atoms with van der Waals surface area (Å²) in [4.78, 5) is 5.27. The van der Waals surface area contributed by atoms with Gasteiger partial charge in [-0.3, -0.25) is 0 Å². The number of aryl methyl sites for hydroxylation is 1. The van der Waals surface area contributed by atoms with Crippen molar-refractivity contribution in [1.82, 2.24) is 0 Å². The van der Waals surface area contributed by atoms with Crippen LogP contribution < -0.4 is 25.5 Å². The Morgan fingerprint density at radius 1 is 0.547 bits per heavy atom. The fraction of sp³-hybridized carbons (Fsp3) is 0.267. The lowest BCUT2D eigenvalue weighted by molar-refractivity contribution is 0.350. The third-order valence-electron chi connectivity index (χ3n) is 15.5. The van der Waals surface area contributed by atoms with Crippen LogP contribution in [0.3, 0.4) is 0 Å². The van der Waals surface area contributed by atoms with Crippen molar-refractivity contribution in [2.75, 3.05) is 9.80 Å². The molecule has 0 saturated carbocycles. The lowest BCUT2D eigenvalue weighted by Gasteiger charge is -2.45. The zero-order chi connectivity index (χ0) is 44.2. The van der Waals surface area contributed by atoms with Gasteiger partial charge in [0.05, 0.1) is 5.69 Å². The number of nitrogens with zero attached hydrogens (tertiary/aromatic N) is 2. The van der Waals surface area contributed by atoms with E-state index in [1.54, 1.807) is 0 Å². The van der Waals surface area contributed by atoms with Gasteiger partial charge in [0.1, 0.15) is 0 Å². The zero-order valence-corrected chi connectivity index (χ0v) is 39.9. The van der Waals surface area contributed by atoms with Crippen LogP contribution in [0.4, 0.5) is 34.1 Å². The smallest absolute Gasteiger partial charge is 0.264 e. The van der Waals surface area contributed by atoms with Crippen LogP contribution in [0.25, 0.3) is 32.3 Å². The number of hydrogen-bond donors (Lipinski definition) is 0. The van der Waals surface area contributed by atoms with E-state index in [1.807, 2.05) is 11.3 Å². The first kappa shape index (κ1) is 39.7. The number of hydrogen-bond acceptors (Lipinski definition) is 3. The quantitative estimate of drug-likeness (QED) is 0.160. The van der Waals surface area contributed by atoms with Gasteiger partial charge in [-0.25, -0.2) is 0 Å². The Kier molecular flexibility index (Phi) is 8.30. The van der Waals surface area contributed by atoms with E-state index in [4.69, 9.17) is 0 Å². The highest BCUT2D eigenvalue weighted by molar-refractivity contribution is 7.33. The van der Waals surface area contributed by atoms with E-state index >= 15 is 0 Å². The molecule has 3 aliphatic heterocycles. The van der Waals surface area contributed by atoms with Crippen molar-refractivity contribution < 1.29 is 0 Å². The van der Waals surface area contributed by atoms with Crippen molar-refractivity contribution in [3.63, 3.8) is 0 Å². The van der Waals surface area contributed by atoms with Crippen LogP contribution in [0.1, 0.15) is 109 Å². The maximum atomic E-state index is 2.69. The second kappa shape index (κ2) is 13.4. The average molecular weight is 849 g/mol. The predicted molar refractivity (Wildman–Crippen MR) is 278 cm³/mol. The van der Waals surface area contributed by atoms with E-state index in [1.165, 1.54) is 116 Å². The Morgan fingerprint density at radius 3 is 1.94 bits per heavy atom. The molecule has 4 heterocycles. The van der Waals surface area contributed by atoms with Gasteiger partial charge in [0.2, 0.25) is 0 Å². The largest absolute Gasteiger partial charge is 0.311 e. The number of rotatable bonds is 2. The molecule has 0 saturated heterocycles. The van der Waals surface area contributed by atoms with E-state index in [9.17, 15) is 0 Å². The molecule has 4 aliphatic rings. The molecular weight excluding hydrogens is 792 g/mol. The van der Waals surface area contributed by atoms with E-state index in [-0.39, 0.29) is 28.4 Å². The van der Waals surface area contributed by atoms with Crippen LogP contribution >= 0.6 is 11.3 Å². The van der Waals surface area contributed by atoms with Crippen LogP contribution in [0, 0.1) is 6.92 Å². The molecule has 4 heteroatoms. The summed E-state index contributed by atoms with van der Waals surface area (Å²) in [6.45, 7) is 23.8. The summed E-state index contributed by atoms with van der Waals surface area (Å²) in [7, 11) is 0. The third-order valence-corrected chi connectivity index (χ3v) is 16.7. The van der Waals surface area contributed by atoms with E-state index < -0.39 is 0 Å². The topological polar surface area (TPSA) is 6.48 Å². The van der Waals surface area contributed by atoms with Gasteiger partial charge in [0.15, 0.2) is 0 Å². The van der Waals surface area contributed by atoms with Crippen LogP contribution in [0.2, 0.25) is 0 Å². The molecule has 8 aromatic rings. The molecule has 64 heavy (non-hydrogen) atoms. The number of benzene rings is 7. The summed E-state index contributed by atoms with van der Waals surface area (Å²) in [5.74, 6) is 0. The number of anilines is 6. The van der Waals surface area contributed by atoms with Crippen LogP contribution in [-0.2, 0) is 21.7 Å². The van der Waals surface area contributed by atoms with Crippen molar-refractivity contribution in [3.05, 3.63) is 173 Å². The maximum Gasteiger partial charge on any atom is 0.264 e. The van der Waals surface area contributed by atoms with Gasteiger partial charge in [-0.2, -0.15) is 0 Å². The fourth-order valence-electron chi connectivity index (χ4n) is 11.7. The predicted octanol–water partition coefficient (Wildman–Crippen LogP) is 14.9. The van der Waals surface area contributed by atoms with Gasteiger partial charge in [-0.15, -0.1) is 11.3 Å². The average Bonchev–Trinajstić information content (AvgIpc) is 3.64. The first-order valence-electron chi connectivity index (χ1n) is 23.4. The second-order valence-electron chi connectivity index (χ2n) is 22.3. The molecule has 1 unspecified atom stereocenters. The number of fused-ring (bicyclic) bond motifs is 11. The Hall–Kier alpha value is -5.84. The first-order valence-corrected chi connectivity index (χ1v) is 24.2. The van der Waals surface area contributed by atoms with Crippen molar-refractivity contribution in [3.8, 4) is 22.3 Å². The number of thiophene rings is 1.